The smallest absolute Gasteiger partial charge is 0.247 e. The SMILES string of the molecule is CC(=O)NC(C)[C@@H]1NC(=O)[C@H](Cc2c[nH]c3ccccc23)NC(=O)C2(CCCC2)NC(=O)[C@H](Cc2c[nH]c3ccccc23)NC(=O)[C@@H]2C[C@@H]3CCCC[C@@H]3N2C(=O)[C@H]2CCCN2C1=O. The van der Waals surface area contributed by atoms with Crippen LogP contribution in [0.3, 0.4) is 0 Å². The molecule has 5 aliphatic rings. The maximum atomic E-state index is 15.1. The summed E-state index contributed by atoms with van der Waals surface area (Å²) in [6.45, 7) is 3.18. The van der Waals surface area contributed by atoms with Crippen molar-refractivity contribution >= 4 is 63.2 Å². The van der Waals surface area contributed by atoms with Gasteiger partial charge in [0.15, 0.2) is 0 Å². The van der Waals surface area contributed by atoms with E-state index in [1.165, 1.54) is 11.8 Å². The molecule has 3 aliphatic heterocycles. The molecule has 7 amide bonds. The number of nitrogens with one attached hydrogen (secondary N) is 7. The first-order chi connectivity index (χ1) is 30.9. The fraction of sp³-hybridized carbons (Fsp3) is 0.521. The van der Waals surface area contributed by atoms with Gasteiger partial charge in [0, 0.05) is 66.6 Å². The largest absolute Gasteiger partial charge is 0.361 e. The third-order valence-electron chi connectivity index (χ3n) is 14.7. The Balaban J connectivity index is 1.13. The minimum absolute atomic E-state index is 0.0318. The molecule has 0 radical (unpaired) electrons. The van der Waals surface area contributed by atoms with Crippen LogP contribution in [-0.4, -0.2) is 115 Å². The van der Waals surface area contributed by atoms with Crippen LogP contribution in [0, 0.1) is 5.92 Å². The van der Waals surface area contributed by atoms with Gasteiger partial charge in [0.1, 0.15) is 35.7 Å². The van der Waals surface area contributed by atoms with E-state index in [0.717, 1.165) is 52.2 Å². The van der Waals surface area contributed by atoms with Crippen LogP contribution in [0.15, 0.2) is 60.9 Å². The minimum Gasteiger partial charge on any atom is -0.361 e. The van der Waals surface area contributed by atoms with Gasteiger partial charge >= 0.3 is 0 Å². The molecule has 9 rings (SSSR count). The monoisotopic (exact) mass is 873 g/mol. The van der Waals surface area contributed by atoms with Crippen LogP contribution in [0.5, 0.6) is 0 Å². The van der Waals surface area contributed by atoms with Crippen LogP contribution in [0.25, 0.3) is 21.8 Å². The second-order valence-electron chi connectivity index (χ2n) is 18.8. The zero-order valence-electron chi connectivity index (χ0n) is 36.5. The number of carbonyl (C=O) groups is 7. The molecule has 1 unspecified atom stereocenters. The molecule has 1 spiro atoms. The van der Waals surface area contributed by atoms with Crippen molar-refractivity contribution in [3.05, 3.63) is 72.1 Å². The first-order valence-electron chi connectivity index (χ1n) is 23.1. The summed E-state index contributed by atoms with van der Waals surface area (Å²) >= 11 is 0. The Morgan fingerprint density at radius 3 is 2.00 bits per heavy atom. The molecule has 16 heteroatoms. The second kappa shape index (κ2) is 17.8. The highest BCUT2D eigenvalue weighted by atomic mass is 16.2. The van der Waals surface area contributed by atoms with Gasteiger partial charge in [-0.15, -0.1) is 0 Å². The van der Waals surface area contributed by atoms with E-state index >= 15 is 4.79 Å². The molecule has 2 aromatic heterocycles. The Labute approximate surface area is 371 Å². The number of fused-ring (bicyclic) bond motifs is 6. The molecule has 0 bridgehead atoms. The zero-order chi connectivity index (χ0) is 44.7. The number of rotatable bonds is 6. The van der Waals surface area contributed by atoms with Gasteiger partial charge in [-0.1, -0.05) is 62.1 Å². The van der Waals surface area contributed by atoms with E-state index in [0.29, 0.717) is 51.4 Å². The summed E-state index contributed by atoms with van der Waals surface area (Å²) in [6, 6.07) is 8.72. The topological polar surface area (TPSA) is 218 Å². The lowest BCUT2D eigenvalue weighted by Gasteiger charge is -2.39. The summed E-state index contributed by atoms with van der Waals surface area (Å²) in [4.78, 5) is 112. The molecule has 16 nitrogen and oxygen atoms in total. The lowest BCUT2D eigenvalue weighted by molar-refractivity contribution is -0.150. The summed E-state index contributed by atoms with van der Waals surface area (Å²) in [7, 11) is 0. The van der Waals surface area contributed by atoms with Gasteiger partial charge < -0.3 is 46.4 Å². The quantitative estimate of drug-likeness (QED) is 0.154. The highest BCUT2D eigenvalue weighted by Gasteiger charge is 2.52. The van der Waals surface area contributed by atoms with Gasteiger partial charge in [-0.25, -0.2) is 0 Å². The van der Waals surface area contributed by atoms with E-state index in [2.05, 4.69) is 36.6 Å². The number of hydrogen-bond acceptors (Lipinski definition) is 7. The number of aromatic amines is 2. The average Bonchev–Trinajstić information content (AvgIpc) is 4.15. The Kier molecular flexibility index (Phi) is 12.0. The van der Waals surface area contributed by atoms with Gasteiger partial charge in [0.25, 0.3) is 0 Å². The lowest BCUT2D eigenvalue weighted by Crippen LogP contribution is -2.66. The number of nitrogens with zero attached hydrogens (tertiary/aromatic N) is 2. The van der Waals surface area contributed by atoms with Gasteiger partial charge in [0.05, 0.1) is 6.04 Å². The van der Waals surface area contributed by atoms with Gasteiger partial charge in [-0.05, 0) is 81.0 Å². The molecule has 64 heavy (non-hydrogen) atoms. The molecule has 4 aromatic rings. The summed E-state index contributed by atoms with van der Waals surface area (Å²) in [6.07, 6.45) is 10.4. The molecular weight excluding hydrogens is 815 g/mol. The molecule has 7 N–H and O–H groups in total. The molecule has 2 aliphatic carbocycles. The third kappa shape index (κ3) is 8.22. The predicted octanol–water partition coefficient (Wildman–Crippen LogP) is 3.01. The van der Waals surface area contributed by atoms with E-state index in [1.807, 2.05) is 54.7 Å². The number of carbonyl (C=O) groups excluding carboxylic acids is 7. The van der Waals surface area contributed by atoms with Crippen molar-refractivity contribution in [2.45, 2.75) is 145 Å². The van der Waals surface area contributed by atoms with E-state index < -0.39 is 77.2 Å². The van der Waals surface area contributed by atoms with Crippen molar-refractivity contribution in [1.29, 1.82) is 0 Å². The Morgan fingerprint density at radius 1 is 0.719 bits per heavy atom. The Bertz CT molecular complexity index is 2470. The number of H-pyrrole nitrogens is 2. The standard InChI is InChI=1S/C48H59N9O7/c1-27(51-28(2)58)41-46(63)56-21-11-18-39(56)45(62)57-38-17-8-3-12-29(38)24-40(57)44(61)52-37(23-31-26-50-35-16-7-5-14-33(31)35)43(60)55-48(19-9-10-20-48)47(64)53-36(42(59)54-41)22-30-25-49-34-15-6-4-13-32(30)34/h4-7,13-16,25-27,29,36-41,49-50H,3,8-12,17-24H2,1-2H3,(H,51,58)(H,52,61)(H,53,64)(H,54,59)(H,55,60)/t27?,29-,36-,37-,38-,39+,40-,41-/m0/s1. The molecule has 5 heterocycles. The van der Waals surface area contributed by atoms with Gasteiger partial charge in [0.2, 0.25) is 41.4 Å². The zero-order valence-corrected chi connectivity index (χ0v) is 36.5. The third-order valence-corrected chi connectivity index (χ3v) is 14.7. The first-order valence-corrected chi connectivity index (χ1v) is 23.1. The summed E-state index contributed by atoms with van der Waals surface area (Å²) < 4.78 is 0. The maximum absolute atomic E-state index is 15.1. The Hall–Kier alpha value is -6.19. The normalized spacial score (nSPS) is 28.4. The highest BCUT2D eigenvalue weighted by molar-refractivity contribution is 6.01. The summed E-state index contributed by atoms with van der Waals surface area (Å²) in [5.41, 5.74) is 1.83. The number of hydrogen-bond donors (Lipinski definition) is 7. The van der Waals surface area contributed by atoms with E-state index in [9.17, 15) is 28.8 Å². The fourth-order valence-electron chi connectivity index (χ4n) is 11.4. The van der Waals surface area contributed by atoms with Crippen molar-refractivity contribution < 1.29 is 33.6 Å². The second-order valence-corrected chi connectivity index (χ2v) is 18.8. The minimum atomic E-state index is -1.42. The van der Waals surface area contributed by atoms with Crippen molar-refractivity contribution in [1.82, 2.24) is 46.4 Å². The van der Waals surface area contributed by atoms with Gasteiger partial charge in [-0.3, -0.25) is 33.6 Å². The van der Waals surface area contributed by atoms with E-state index in [1.54, 1.807) is 18.0 Å². The first kappa shape index (κ1) is 43.1. The number of benzene rings is 2. The number of para-hydroxylation sites is 2. The molecular formula is C48H59N9O7. The summed E-state index contributed by atoms with van der Waals surface area (Å²) in [5, 5.41) is 16.6. The number of amides is 7. The molecule has 3 saturated heterocycles. The predicted molar refractivity (Wildman–Crippen MR) is 238 cm³/mol. The average molecular weight is 874 g/mol. The van der Waals surface area contributed by atoms with Crippen molar-refractivity contribution in [2.24, 2.45) is 5.92 Å². The molecule has 5 fully saturated rings. The van der Waals surface area contributed by atoms with Crippen molar-refractivity contribution in [3.63, 3.8) is 0 Å². The molecule has 338 valence electrons. The number of aromatic nitrogens is 2. The van der Waals surface area contributed by atoms with Crippen LogP contribution in [-0.2, 0) is 46.4 Å². The molecule has 2 aromatic carbocycles. The van der Waals surface area contributed by atoms with Crippen molar-refractivity contribution in [2.75, 3.05) is 6.54 Å². The van der Waals surface area contributed by atoms with Crippen molar-refractivity contribution in [3.8, 4) is 0 Å². The maximum Gasteiger partial charge on any atom is 0.247 e. The van der Waals surface area contributed by atoms with Crippen LogP contribution in [0.4, 0.5) is 0 Å². The fourth-order valence-corrected chi connectivity index (χ4v) is 11.4. The van der Waals surface area contributed by atoms with Crippen LogP contribution >= 0.6 is 0 Å². The van der Waals surface area contributed by atoms with Crippen LogP contribution in [0.1, 0.15) is 95.6 Å². The molecule has 2 saturated carbocycles. The Morgan fingerprint density at radius 2 is 1.34 bits per heavy atom. The lowest BCUT2D eigenvalue weighted by atomic mass is 9.84. The van der Waals surface area contributed by atoms with Gasteiger partial charge in [-0.2, -0.15) is 0 Å². The van der Waals surface area contributed by atoms with Crippen LogP contribution < -0.4 is 26.6 Å². The van der Waals surface area contributed by atoms with E-state index in [-0.39, 0.29) is 37.3 Å². The summed E-state index contributed by atoms with van der Waals surface area (Å²) in [5.74, 6) is -3.42. The van der Waals surface area contributed by atoms with E-state index in [4.69, 9.17) is 0 Å². The molecule has 8 atom stereocenters. The highest BCUT2D eigenvalue weighted by Crippen LogP contribution is 2.41. The van der Waals surface area contributed by atoms with Crippen LogP contribution in [0.2, 0.25) is 0 Å².